The second-order valence-corrected chi connectivity index (χ2v) is 7.41. The molecule has 0 unspecified atom stereocenters. The molecule has 3 rings (SSSR count). The van der Waals surface area contributed by atoms with E-state index in [1.54, 1.807) is 42.9 Å². The van der Waals surface area contributed by atoms with Crippen LogP contribution >= 0.6 is 0 Å². The van der Waals surface area contributed by atoms with Crippen LogP contribution in [0, 0.1) is 5.92 Å². The van der Waals surface area contributed by atoms with Crippen LogP contribution in [-0.2, 0) is 14.3 Å². The predicted octanol–water partition coefficient (Wildman–Crippen LogP) is 1.75. The van der Waals surface area contributed by atoms with Crippen molar-refractivity contribution in [2.45, 2.75) is 19.8 Å². The highest BCUT2D eigenvalue weighted by Crippen LogP contribution is 2.19. The van der Waals surface area contributed by atoms with Gasteiger partial charge in [0.05, 0.1) is 31.9 Å². The SMILES string of the molecule is CCOC(=O)C1CCN(C(=O)CN(C)C(=O)c2ccn(-c3ccc(OC)cc3)n2)CC1. The maximum atomic E-state index is 12.7. The summed E-state index contributed by atoms with van der Waals surface area (Å²) < 4.78 is 11.8. The molecule has 9 heteroatoms. The van der Waals surface area contributed by atoms with Crippen LogP contribution in [0.5, 0.6) is 5.75 Å². The minimum atomic E-state index is -0.331. The average Bonchev–Trinajstić information content (AvgIpc) is 3.29. The Kier molecular flexibility index (Phi) is 7.28. The average molecular weight is 428 g/mol. The quantitative estimate of drug-likeness (QED) is 0.624. The van der Waals surface area contributed by atoms with Gasteiger partial charge < -0.3 is 19.3 Å². The van der Waals surface area contributed by atoms with Crippen molar-refractivity contribution in [3.8, 4) is 11.4 Å². The van der Waals surface area contributed by atoms with Crippen LogP contribution in [0.4, 0.5) is 0 Å². The number of esters is 1. The second kappa shape index (κ2) is 10.1. The Hall–Kier alpha value is -3.36. The number of carbonyl (C=O) groups excluding carboxylic acids is 3. The number of nitrogens with zero attached hydrogens (tertiary/aromatic N) is 4. The summed E-state index contributed by atoms with van der Waals surface area (Å²) in [6.45, 7) is 3.06. The molecule has 1 aromatic carbocycles. The first-order chi connectivity index (χ1) is 14.9. The highest BCUT2D eigenvalue weighted by atomic mass is 16.5. The maximum Gasteiger partial charge on any atom is 0.309 e. The highest BCUT2D eigenvalue weighted by molar-refractivity contribution is 5.94. The zero-order chi connectivity index (χ0) is 22.4. The van der Waals surface area contributed by atoms with E-state index in [1.807, 2.05) is 24.3 Å². The molecule has 2 aromatic rings. The highest BCUT2D eigenvalue weighted by Gasteiger charge is 2.29. The lowest BCUT2D eigenvalue weighted by atomic mass is 9.97. The first-order valence-corrected chi connectivity index (χ1v) is 10.3. The maximum absolute atomic E-state index is 12.7. The molecule has 0 bridgehead atoms. The Bertz CT molecular complexity index is 916. The van der Waals surface area contributed by atoms with Gasteiger partial charge in [0, 0.05) is 26.3 Å². The normalized spacial score (nSPS) is 14.2. The van der Waals surface area contributed by atoms with E-state index in [-0.39, 0.29) is 35.9 Å². The minimum Gasteiger partial charge on any atom is -0.497 e. The molecule has 0 saturated carbocycles. The summed E-state index contributed by atoms with van der Waals surface area (Å²) in [7, 11) is 3.18. The summed E-state index contributed by atoms with van der Waals surface area (Å²) in [6, 6.07) is 8.93. The van der Waals surface area contributed by atoms with Crippen molar-refractivity contribution in [2.75, 3.05) is 40.4 Å². The fourth-order valence-electron chi connectivity index (χ4n) is 3.51. The number of rotatable bonds is 7. The fourth-order valence-corrected chi connectivity index (χ4v) is 3.51. The number of carbonyl (C=O) groups is 3. The van der Waals surface area contributed by atoms with Crippen molar-refractivity contribution in [1.29, 1.82) is 0 Å². The van der Waals surface area contributed by atoms with E-state index in [2.05, 4.69) is 5.10 Å². The number of benzene rings is 1. The smallest absolute Gasteiger partial charge is 0.309 e. The number of aromatic nitrogens is 2. The van der Waals surface area contributed by atoms with Gasteiger partial charge >= 0.3 is 5.97 Å². The summed E-state index contributed by atoms with van der Waals surface area (Å²) in [5.41, 5.74) is 1.05. The van der Waals surface area contributed by atoms with E-state index >= 15 is 0 Å². The van der Waals surface area contributed by atoms with Crippen molar-refractivity contribution in [1.82, 2.24) is 19.6 Å². The van der Waals surface area contributed by atoms with E-state index in [1.165, 1.54) is 4.90 Å². The van der Waals surface area contributed by atoms with Gasteiger partial charge in [0.15, 0.2) is 5.69 Å². The molecule has 2 amide bonds. The first kappa shape index (κ1) is 22.3. The molecule has 166 valence electrons. The lowest BCUT2D eigenvalue weighted by Crippen LogP contribution is -2.45. The number of likely N-dealkylation sites (tertiary alicyclic amines) is 1. The van der Waals surface area contributed by atoms with E-state index < -0.39 is 0 Å². The molecule has 9 nitrogen and oxygen atoms in total. The predicted molar refractivity (Wildman–Crippen MR) is 113 cm³/mol. The van der Waals surface area contributed by atoms with Gasteiger partial charge in [-0.2, -0.15) is 5.10 Å². The summed E-state index contributed by atoms with van der Waals surface area (Å²) in [5.74, 6) is -0.105. The molecule has 1 aliphatic heterocycles. The van der Waals surface area contributed by atoms with Crippen LogP contribution in [0.1, 0.15) is 30.3 Å². The Morgan fingerprint density at radius 1 is 1.13 bits per heavy atom. The molecule has 0 spiro atoms. The van der Waals surface area contributed by atoms with Crippen molar-refractivity contribution >= 4 is 17.8 Å². The molecule has 0 radical (unpaired) electrons. The van der Waals surface area contributed by atoms with E-state index in [9.17, 15) is 14.4 Å². The zero-order valence-corrected chi connectivity index (χ0v) is 18.1. The molecule has 1 fully saturated rings. The van der Waals surface area contributed by atoms with Crippen LogP contribution in [0.25, 0.3) is 5.69 Å². The zero-order valence-electron chi connectivity index (χ0n) is 18.1. The molecule has 31 heavy (non-hydrogen) atoms. The summed E-state index contributed by atoms with van der Waals surface area (Å²) >= 11 is 0. The fraction of sp³-hybridized carbons (Fsp3) is 0.455. The van der Waals surface area contributed by atoms with Gasteiger partial charge in [-0.1, -0.05) is 0 Å². The van der Waals surface area contributed by atoms with Gasteiger partial charge in [-0.25, -0.2) is 4.68 Å². The topological polar surface area (TPSA) is 94.0 Å². The van der Waals surface area contributed by atoms with E-state index in [0.29, 0.717) is 32.5 Å². The molecular weight excluding hydrogens is 400 g/mol. The van der Waals surface area contributed by atoms with Crippen LogP contribution in [0.2, 0.25) is 0 Å². The largest absolute Gasteiger partial charge is 0.497 e. The van der Waals surface area contributed by atoms with Crippen LogP contribution in [0.15, 0.2) is 36.5 Å². The van der Waals surface area contributed by atoms with Gasteiger partial charge in [-0.15, -0.1) is 0 Å². The molecular formula is C22H28N4O5. The van der Waals surface area contributed by atoms with Gasteiger partial charge in [-0.3, -0.25) is 14.4 Å². The van der Waals surface area contributed by atoms with Crippen LogP contribution < -0.4 is 4.74 Å². The number of hydrogen-bond donors (Lipinski definition) is 0. The molecule has 0 atom stereocenters. The Labute approximate surface area is 181 Å². The van der Waals surface area contributed by atoms with Crippen LogP contribution in [0.3, 0.4) is 0 Å². The number of likely N-dealkylation sites (N-methyl/N-ethyl adjacent to an activating group) is 1. The van der Waals surface area contributed by atoms with Crippen molar-refractivity contribution < 1.29 is 23.9 Å². The number of piperidine rings is 1. The van der Waals surface area contributed by atoms with Gasteiger partial charge in [-0.05, 0) is 50.1 Å². The van der Waals surface area contributed by atoms with Crippen LogP contribution in [-0.4, -0.2) is 77.8 Å². The second-order valence-electron chi connectivity index (χ2n) is 7.41. The van der Waals surface area contributed by atoms with E-state index in [4.69, 9.17) is 9.47 Å². The summed E-state index contributed by atoms with van der Waals surface area (Å²) in [6.07, 6.45) is 2.86. The number of amides is 2. The third-order valence-electron chi connectivity index (χ3n) is 5.33. The Morgan fingerprint density at radius 2 is 1.81 bits per heavy atom. The third-order valence-corrected chi connectivity index (χ3v) is 5.33. The monoisotopic (exact) mass is 428 g/mol. The van der Waals surface area contributed by atoms with Gasteiger partial charge in [0.1, 0.15) is 5.75 Å². The Morgan fingerprint density at radius 3 is 2.42 bits per heavy atom. The minimum absolute atomic E-state index is 0.0434. The van der Waals surface area contributed by atoms with Gasteiger partial charge in [0.2, 0.25) is 5.91 Å². The summed E-state index contributed by atoms with van der Waals surface area (Å²) in [4.78, 5) is 40.2. The van der Waals surface area contributed by atoms with Crippen molar-refractivity contribution in [3.63, 3.8) is 0 Å². The van der Waals surface area contributed by atoms with Crippen molar-refractivity contribution in [2.24, 2.45) is 5.92 Å². The van der Waals surface area contributed by atoms with Crippen molar-refractivity contribution in [3.05, 3.63) is 42.2 Å². The molecule has 0 N–H and O–H groups in total. The molecule has 1 saturated heterocycles. The Balaban J connectivity index is 1.54. The molecule has 0 aliphatic carbocycles. The number of methoxy groups -OCH3 is 1. The first-order valence-electron chi connectivity index (χ1n) is 10.3. The van der Waals surface area contributed by atoms with Gasteiger partial charge in [0.25, 0.3) is 5.91 Å². The standard InChI is InChI=1S/C22H28N4O5/c1-4-31-22(29)16-9-12-25(13-10-16)20(27)15-24(2)21(28)19-11-14-26(23-19)17-5-7-18(30-3)8-6-17/h5-8,11,14,16H,4,9-10,12-13,15H2,1-3H3. The third kappa shape index (κ3) is 5.42. The number of ether oxygens (including phenoxy) is 2. The molecule has 1 aromatic heterocycles. The summed E-state index contributed by atoms with van der Waals surface area (Å²) in [5, 5.41) is 4.33. The molecule has 1 aliphatic rings. The molecule has 2 heterocycles. The number of hydrogen-bond acceptors (Lipinski definition) is 6. The lowest BCUT2D eigenvalue weighted by Gasteiger charge is -2.32. The lowest BCUT2D eigenvalue weighted by molar-refractivity contribution is -0.151. The van der Waals surface area contributed by atoms with E-state index in [0.717, 1.165) is 11.4 Å².